The molecular weight excluding hydrogens is 547 g/mol. The third-order valence-corrected chi connectivity index (χ3v) is 8.96. The molecule has 1 fully saturated rings. The number of halogens is 2. The van der Waals surface area contributed by atoms with Crippen LogP contribution < -0.4 is 0 Å². The second kappa shape index (κ2) is 15.0. The molecular formula is C25H30ClFO10S. The molecule has 210 valence electrons. The van der Waals surface area contributed by atoms with E-state index in [9.17, 15) is 17.6 Å². The lowest BCUT2D eigenvalue weighted by Crippen LogP contribution is -2.51. The summed E-state index contributed by atoms with van der Waals surface area (Å²) in [7, 11) is -3.86. The van der Waals surface area contributed by atoms with E-state index in [2.05, 4.69) is 13.8 Å². The summed E-state index contributed by atoms with van der Waals surface area (Å²) >= 11 is 6.04. The van der Waals surface area contributed by atoms with Gasteiger partial charge in [0.05, 0.1) is 36.4 Å². The molecule has 38 heavy (non-hydrogen) atoms. The molecule has 3 rings (SSSR count). The number of carbonyl (C=O) groups excluding carboxylic acids is 5. The number of esters is 1. The van der Waals surface area contributed by atoms with Crippen LogP contribution in [0.1, 0.15) is 52.0 Å². The molecule has 0 aromatic heterocycles. The lowest BCUT2D eigenvalue weighted by molar-refractivity contribution is -0.284. The molecule has 1 aromatic rings. The molecule has 1 spiro atoms. The molecule has 1 atom stereocenters. The van der Waals surface area contributed by atoms with Gasteiger partial charge in [0, 0.05) is 16.9 Å². The highest BCUT2D eigenvalue weighted by atomic mass is 35.5. The van der Waals surface area contributed by atoms with Crippen LogP contribution in [0.25, 0.3) is 0 Å². The predicted octanol–water partition coefficient (Wildman–Crippen LogP) is 3.43. The molecule has 0 radical (unpaired) electrons. The van der Waals surface area contributed by atoms with Gasteiger partial charge in [0.1, 0.15) is 5.82 Å². The summed E-state index contributed by atoms with van der Waals surface area (Å²) in [4.78, 5) is 45.2. The van der Waals surface area contributed by atoms with Crippen molar-refractivity contribution in [1.29, 1.82) is 0 Å². The molecule has 1 saturated heterocycles. The minimum atomic E-state index is -3.86. The van der Waals surface area contributed by atoms with Gasteiger partial charge in [-0.05, 0) is 50.0 Å². The highest BCUT2D eigenvalue weighted by Crippen LogP contribution is 2.43. The van der Waals surface area contributed by atoms with Crippen LogP contribution in [0.2, 0.25) is 5.02 Å². The number of sulfone groups is 1. The normalized spacial score (nSPS) is 19.3. The maximum atomic E-state index is 13.4. The van der Waals surface area contributed by atoms with Gasteiger partial charge in [-0.25, -0.2) is 17.6 Å². The van der Waals surface area contributed by atoms with E-state index in [1.165, 1.54) is 12.1 Å². The second-order valence-electron chi connectivity index (χ2n) is 8.65. The van der Waals surface area contributed by atoms with Crippen molar-refractivity contribution in [2.24, 2.45) is 5.41 Å². The first-order chi connectivity index (χ1) is 17.9. The molecule has 13 heteroatoms. The minimum Gasteiger partial charge on any atom is -0.463 e. The van der Waals surface area contributed by atoms with E-state index in [4.69, 9.17) is 45.0 Å². The summed E-state index contributed by atoms with van der Waals surface area (Å²) < 4.78 is 57.3. The zero-order valence-corrected chi connectivity index (χ0v) is 22.9. The first-order valence-corrected chi connectivity index (χ1v) is 13.8. The van der Waals surface area contributed by atoms with Gasteiger partial charge in [0.2, 0.25) is 0 Å². The summed E-state index contributed by atoms with van der Waals surface area (Å²) in [5, 5.41) is -1.07. The van der Waals surface area contributed by atoms with Gasteiger partial charge in [-0.3, -0.25) is 0 Å². The van der Waals surface area contributed by atoms with E-state index in [1.807, 2.05) is 0 Å². The highest BCUT2D eigenvalue weighted by Gasteiger charge is 2.48. The van der Waals surface area contributed by atoms with Gasteiger partial charge >= 0.3 is 18.3 Å². The number of rotatable bonds is 7. The van der Waals surface area contributed by atoms with E-state index in [1.54, 1.807) is 6.92 Å². The van der Waals surface area contributed by atoms with Crippen molar-refractivity contribution in [1.82, 2.24) is 0 Å². The lowest BCUT2D eigenvalue weighted by Gasteiger charge is -2.46. The zero-order chi connectivity index (χ0) is 29.0. The van der Waals surface area contributed by atoms with E-state index >= 15 is 0 Å². The number of hydrogen-bond donors (Lipinski definition) is 0. The standard InChI is InChI=1S/C23H30ClFO6S.2CO2/c1-4-22(5-2)14-30-23(31-15-22)10-9-20(18(12-23)21(26)29-6-3)32(27,28)13-16-7-8-17(25)11-19(16)24;2*2-1-3/h7-8,11-12,20H,4-6,9-10,13-15H2,1-3H3;;. The van der Waals surface area contributed by atoms with Crippen molar-refractivity contribution in [3.05, 3.63) is 46.3 Å². The lowest BCUT2D eigenvalue weighted by atomic mass is 9.82. The van der Waals surface area contributed by atoms with E-state index in [0.29, 0.717) is 19.6 Å². The van der Waals surface area contributed by atoms with Crippen LogP contribution in [-0.2, 0) is 53.8 Å². The number of hydrogen-bond acceptors (Lipinski definition) is 10. The van der Waals surface area contributed by atoms with Crippen molar-refractivity contribution < 1.29 is 51.0 Å². The average molecular weight is 577 g/mol. The first kappa shape index (κ1) is 33.3. The van der Waals surface area contributed by atoms with Crippen LogP contribution in [-0.4, -0.2) is 57.5 Å². The van der Waals surface area contributed by atoms with Gasteiger partial charge in [-0.15, -0.1) is 0 Å². The highest BCUT2D eigenvalue weighted by molar-refractivity contribution is 7.91. The van der Waals surface area contributed by atoms with Crippen molar-refractivity contribution in [2.45, 2.75) is 63.2 Å². The van der Waals surface area contributed by atoms with Crippen molar-refractivity contribution in [3.63, 3.8) is 0 Å². The summed E-state index contributed by atoms with van der Waals surface area (Å²) in [6, 6.07) is 3.57. The fourth-order valence-electron chi connectivity index (χ4n) is 4.14. The molecule has 1 heterocycles. The molecule has 1 aliphatic carbocycles. The van der Waals surface area contributed by atoms with E-state index < -0.39 is 38.4 Å². The fraction of sp³-hybridized carbons (Fsp3) is 0.560. The maximum Gasteiger partial charge on any atom is 0.373 e. The van der Waals surface area contributed by atoms with Crippen LogP contribution in [0, 0.1) is 11.2 Å². The Kier molecular flexibility index (Phi) is 13.2. The topological polar surface area (TPSA) is 147 Å². The Bertz CT molecular complexity index is 1140. The molecule has 2 aliphatic rings. The SMILES string of the molecule is CCOC(=O)C1=CC2(CCC1S(=O)(=O)Cc1ccc(F)cc1Cl)OCC(CC)(CC)CO2.O=C=O.O=C=O. The minimum absolute atomic E-state index is 0.0110. The third kappa shape index (κ3) is 8.66. The Morgan fingerprint density at radius 2 is 1.66 bits per heavy atom. The van der Waals surface area contributed by atoms with Gasteiger partial charge in [0.25, 0.3) is 0 Å². The van der Waals surface area contributed by atoms with Crippen molar-refractivity contribution in [3.8, 4) is 0 Å². The summed E-state index contributed by atoms with van der Waals surface area (Å²) in [6.45, 7) is 6.86. The predicted molar refractivity (Wildman–Crippen MR) is 129 cm³/mol. The Morgan fingerprint density at radius 1 is 1.11 bits per heavy atom. The Morgan fingerprint density at radius 3 is 2.13 bits per heavy atom. The number of benzene rings is 1. The van der Waals surface area contributed by atoms with Gasteiger partial charge in [0.15, 0.2) is 15.6 Å². The van der Waals surface area contributed by atoms with E-state index in [-0.39, 0.29) is 46.9 Å². The maximum absolute atomic E-state index is 13.4. The largest absolute Gasteiger partial charge is 0.463 e. The molecule has 1 aromatic carbocycles. The van der Waals surface area contributed by atoms with Crippen LogP contribution in [0.4, 0.5) is 4.39 Å². The van der Waals surface area contributed by atoms with Gasteiger partial charge < -0.3 is 14.2 Å². The van der Waals surface area contributed by atoms with E-state index in [0.717, 1.165) is 25.0 Å². The van der Waals surface area contributed by atoms with Crippen LogP contribution in [0.3, 0.4) is 0 Å². The summed E-state index contributed by atoms with van der Waals surface area (Å²) in [6.07, 6.45) is 4.20. The smallest absolute Gasteiger partial charge is 0.373 e. The molecule has 0 bridgehead atoms. The monoisotopic (exact) mass is 576 g/mol. The summed E-state index contributed by atoms with van der Waals surface area (Å²) in [5.41, 5.74) is 0.195. The Labute approximate surface area is 225 Å². The average Bonchev–Trinajstić information content (AvgIpc) is 2.87. The van der Waals surface area contributed by atoms with Crippen molar-refractivity contribution >= 4 is 39.7 Å². The number of ether oxygens (including phenoxy) is 3. The molecule has 0 saturated carbocycles. The number of carbonyl (C=O) groups is 1. The molecule has 0 N–H and O–H groups in total. The van der Waals surface area contributed by atoms with Gasteiger partial charge in [-0.1, -0.05) is 31.5 Å². The third-order valence-electron chi connectivity index (χ3n) is 6.54. The van der Waals surface area contributed by atoms with Crippen LogP contribution in [0.15, 0.2) is 29.8 Å². The van der Waals surface area contributed by atoms with Crippen LogP contribution >= 0.6 is 11.6 Å². The van der Waals surface area contributed by atoms with Gasteiger partial charge in [-0.2, -0.15) is 19.2 Å². The molecule has 1 unspecified atom stereocenters. The Hall–Kier alpha value is -2.72. The molecule has 0 amide bonds. The Balaban J connectivity index is 0.00000110. The van der Waals surface area contributed by atoms with Crippen molar-refractivity contribution in [2.75, 3.05) is 19.8 Å². The first-order valence-electron chi connectivity index (χ1n) is 11.7. The quantitative estimate of drug-likeness (QED) is 0.442. The summed E-state index contributed by atoms with van der Waals surface area (Å²) in [5.74, 6) is -2.82. The molecule has 1 aliphatic heterocycles. The van der Waals surface area contributed by atoms with Crippen LogP contribution in [0.5, 0.6) is 0 Å². The molecule has 10 nitrogen and oxygen atoms in total. The second-order valence-corrected chi connectivity index (χ2v) is 11.2. The fourth-order valence-corrected chi connectivity index (χ4v) is 6.37. The zero-order valence-electron chi connectivity index (χ0n) is 21.3.